The number of rotatable bonds is 5. The summed E-state index contributed by atoms with van der Waals surface area (Å²) in [7, 11) is 0. The van der Waals surface area contributed by atoms with Crippen LogP contribution in [-0.2, 0) is 0 Å². The molecule has 0 amide bonds. The average Bonchev–Trinajstić information content (AvgIpc) is 2.25. The Hall–Kier alpha value is -0.490. The van der Waals surface area contributed by atoms with Gasteiger partial charge in [-0.3, -0.25) is 0 Å². The summed E-state index contributed by atoms with van der Waals surface area (Å²) in [5.74, 6) is 2.70. The van der Waals surface area contributed by atoms with E-state index in [4.69, 9.17) is 18.0 Å². The van der Waals surface area contributed by atoms with E-state index in [0.29, 0.717) is 6.42 Å². The van der Waals surface area contributed by atoms with E-state index >= 15 is 0 Å². The van der Waals surface area contributed by atoms with Gasteiger partial charge >= 0.3 is 0 Å². The SMILES string of the molecule is C#CCC(NCCC)c1ccc(Cl)cc1Br. The number of hydrogen-bond acceptors (Lipinski definition) is 1. The van der Waals surface area contributed by atoms with Crippen LogP contribution in [0.1, 0.15) is 31.4 Å². The highest BCUT2D eigenvalue weighted by atomic mass is 79.9. The normalized spacial score (nSPS) is 12.1. The van der Waals surface area contributed by atoms with Crippen LogP contribution in [-0.4, -0.2) is 6.54 Å². The minimum Gasteiger partial charge on any atom is -0.309 e. The van der Waals surface area contributed by atoms with Crippen molar-refractivity contribution in [2.75, 3.05) is 6.54 Å². The summed E-state index contributed by atoms with van der Waals surface area (Å²) in [5.41, 5.74) is 1.16. The molecule has 1 unspecified atom stereocenters. The summed E-state index contributed by atoms with van der Waals surface area (Å²) in [5, 5.41) is 4.16. The Kier molecular flexibility index (Phi) is 5.90. The zero-order valence-corrected chi connectivity index (χ0v) is 11.6. The smallest absolute Gasteiger partial charge is 0.0442 e. The first-order valence-electron chi connectivity index (χ1n) is 5.30. The second kappa shape index (κ2) is 6.96. The molecule has 0 fully saturated rings. The van der Waals surface area contributed by atoms with Crippen molar-refractivity contribution in [3.05, 3.63) is 33.3 Å². The highest BCUT2D eigenvalue weighted by Crippen LogP contribution is 2.28. The van der Waals surface area contributed by atoms with Crippen molar-refractivity contribution in [2.45, 2.75) is 25.8 Å². The van der Waals surface area contributed by atoms with Crippen molar-refractivity contribution in [3.8, 4) is 12.3 Å². The molecule has 16 heavy (non-hydrogen) atoms. The molecule has 0 radical (unpaired) electrons. The molecule has 0 aliphatic carbocycles. The lowest BCUT2D eigenvalue weighted by molar-refractivity contribution is 0.541. The second-order valence-electron chi connectivity index (χ2n) is 3.58. The predicted octanol–water partition coefficient (Wildman–Crippen LogP) is 4.17. The molecule has 0 spiro atoms. The van der Waals surface area contributed by atoms with Gasteiger partial charge in [-0.25, -0.2) is 0 Å². The summed E-state index contributed by atoms with van der Waals surface area (Å²) >= 11 is 9.43. The number of benzene rings is 1. The monoisotopic (exact) mass is 299 g/mol. The molecule has 0 heterocycles. The minimum absolute atomic E-state index is 0.191. The predicted molar refractivity (Wildman–Crippen MR) is 73.6 cm³/mol. The fourth-order valence-corrected chi connectivity index (χ4v) is 2.47. The number of halogens is 2. The van der Waals surface area contributed by atoms with Gasteiger partial charge in [0.2, 0.25) is 0 Å². The van der Waals surface area contributed by atoms with E-state index in [-0.39, 0.29) is 6.04 Å². The van der Waals surface area contributed by atoms with Gasteiger partial charge in [0.25, 0.3) is 0 Å². The summed E-state index contributed by atoms with van der Waals surface area (Å²) in [6.07, 6.45) is 7.16. The van der Waals surface area contributed by atoms with E-state index in [1.165, 1.54) is 0 Å². The molecule has 1 rings (SSSR count). The van der Waals surface area contributed by atoms with Gasteiger partial charge in [-0.1, -0.05) is 40.5 Å². The molecule has 3 heteroatoms. The molecule has 1 aromatic rings. The maximum absolute atomic E-state index is 5.91. The fraction of sp³-hybridized carbons (Fsp3) is 0.385. The van der Waals surface area contributed by atoms with Crippen LogP contribution in [0, 0.1) is 12.3 Å². The molecule has 1 N–H and O–H groups in total. The third-order valence-corrected chi connectivity index (χ3v) is 3.22. The largest absolute Gasteiger partial charge is 0.309 e. The lowest BCUT2D eigenvalue weighted by Gasteiger charge is -2.18. The zero-order valence-electron chi connectivity index (χ0n) is 9.26. The number of hydrogen-bond donors (Lipinski definition) is 1. The first-order chi connectivity index (χ1) is 7.69. The molecule has 1 nitrogen and oxygen atoms in total. The molecular weight excluding hydrogens is 286 g/mol. The van der Waals surface area contributed by atoms with E-state index in [2.05, 4.69) is 34.1 Å². The summed E-state index contributed by atoms with van der Waals surface area (Å²) in [6.45, 7) is 3.10. The Bertz CT molecular complexity index is 384. The first kappa shape index (κ1) is 13.6. The average molecular weight is 301 g/mol. The van der Waals surface area contributed by atoms with Crippen molar-refractivity contribution in [1.29, 1.82) is 0 Å². The van der Waals surface area contributed by atoms with Crippen LogP contribution >= 0.6 is 27.5 Å². The maximum Gasteiger partial charge on any atom is 0.0442 e. The van der Waals surface area contributed by atoms with Crippen molar-refractivity contribution in [3.63, 3.8) is 0 Å². The third-order valence-electron chi connectivity index (χ3n) is 2.30. The highest BCUT2D eigenvalue weighted by Gasteiger charge is 2.12. The van der Waals surface area contributed by atoms with E-state index in [1.807, 2.05) is 18.2 Å². The van der Waals surface area contributed by atoms with Crippen molar-refractivity contribution < 1.29 is 0 Å². The summed E-state index contributed by atoms with van der Waals surface area (Å²) in [6, 6.07) is 5.99. The number of nitrogens with one attached hydrogen (secondary N) is 1. The molecule has 1 atom stereocenters. The fourth-order valence-electron chi connectivity index (χ4n) is 1.51. The van der Waals surface area contributed by atoms with Gasteiger partial charge in [0.05, 0.1) is 0 Å². The lowest BCUT2D eigenvalue weighted by atomic mass is 10.0. The topological polar surface area (TPSA) is 12.0 Å². The lowest BCUT2D eigenvalue weighted by Crippen LogP contribution is -2.22. The van der Waals surface area contributed by atoms with Gasteiger partial charge in [-0.05, 0) is 30.7 Å². The zero-order chi connectivity index (χ0) is 12.0. The molecule has 0 saturated carbocycles. The Morgan fingerprint density at radius 1 is 1.56 bits per heavy atom. The van der Waals surface area contributed by atoms with Crippen LogP contribution in [0.4, 0.5) is 0 Å². The molecule has 0 aliphatic rings. The van der Waals surface area contributed by atoms with Crippen molar-refractivity contribution in [1.82, 2.24) is 5.32 Å². The second-order valence-corrected chi connectivity index (χ2v) is 4.87. The minimum atomic E-state index is 0.191. The molecule has 0 saturated heterocycles. The Labute approximate surface area is 111 Å². The Balaban J connectivity index is 2.88. The van der Waals surface area contributed by atoms with Gasteiger partial charge in [-0.2, -0.15) is 0 Å². The van der Waals surface area contributed by atoms with E-state index in [1.54, 1.807) is 0 Å². The molecule has 1 aromatic carbocycles. The molecule has 86 valence electrons. The third kappa shape index (κ3) is 3.83. The van der Waals surface area contributed by atoms with Crippen LogP contribution in [0.5, 0.6) is 0 Å². The van der Waals surface area contributed by atoms with Crippen LogP contribution in [0.15, 0.2) is 22.7 Å². The summed E-state index contributed by atoms with van der Waals surface area (Å²) < 4.78 is 1.00. The van der Waals surface area contributed by atoms with Gasteiger partial charge in [0.1, 0.15) is 0 Å². The van der Waals surface area contributed by atoms with Gasteiger partial charge in [0, 0.05) is 22.0 Å². The van der Waals surface area contributed by atoms with E-state index in [9.17, 15) is 0 Å². The molecule has 0 aromatic heterocycles. The quantitative estimate of drug-likeness (QED) is 0.805. The highest BCUT2D eigenvalue weighted by molar-refractivity contribution is 9.10. The van der Waals surface area contributed by atoms with Crippen LogP contribution in [0.3, 0.4) is 0 Å². The van der Waals surface area contributed by atoms with Gasteiger partial charge < -0.3 is 5.32 Å². The molecule has 0 aliphatic heterocycles. The van der Waals surface area contributed by atoms with Crippen LogP contribution in [0.25, 0.3) is 0 Å². The first-order valence-corrected chi connectivity index (χ1v) is 6.48. The van der Waals surface area contributed by atoms with Gasteiger partial charge in [0.15, 0.2) is 0 Å². The van der Waals surface area contributed by atoms with Crippen LogP contribution < -0.4 is 5.32 Å². The van der Waals surface area contributed by atoms with Gasteiger partial charge in [-0.15, -0.1) is 12.3 Å². The van der Waals surface area contributed by atoms with E-state index in [0.717, 1.165) is 28.0 Å². The van der Waals surface area contributed by atoms with E-state index < -0.39 is 0 Å². The summed E-state index contributed by atoms with van der Waals surface area (Å²) in [4.78, 5) is 0. The molecule has 0 bridgehead atoms. The Morgan fingerprint density at radius 2 is 2.31 bits per heavy atom. The van der Waals surface area contributed by atoms with Crippen molar-refractivity contribution >= 4 is 27.5 Å². The van der Waals surface area contributed by atoms with Crippen LogP contribution in [0.2, 0.25) is 5.02 Å². The standard InChI is InChI=1S/C13H15BrClN/c1-3-5-13(16-8-4-2)11-7-6-10(15)9-12(11)14/h1,6-7,9,13,16H,4-5,8H2,2H3. The molecular formula is C13H15BrClN. The maximum atomic E-state index is 5.91. The van der Waals surface area contributed by atoms with Crippen molar-refractivity contribution in [2.24, 2.45) is 0 Å². The Morgan fingerprint density at radius 3 is 2.88 bits per heavy atom. The number of terminal acetylenes is 1.